The number of piperazine rings is 1. The number of aliphatic carboxylic acids is 1. The molecule has 5 nitrogen and oxygen atoms in total. The zero-order valence-electron chi connectivity index (χ0n) is 22.6. The van der Waals surface area contributed by atoms with Gasteiger partial charge in [0.1, 0.15) is 0 Å². The lowest BCUT2D eigenvalue weighted by Gasteiger charge is -2.41. The number of alkyl halides is 6. The fraction of sp³-hybridized carbons (Fsp3) is 0.400. The average Bonchev–Trinajstić information content (AvgIpc) is 2.89. The van der Waals surface area contributed by atoms with E-state index in [1.807, 2.05) is 31.2 Å². The molecule has 1 aromatic heterocycles. The van der Waals surface area contributed by atoms with E-state index in [0.717, 1.165) is 35.4 Å². The van der Waals surface area contributed by atoms with Gasteiger partial charge in [-0.1, -0.05) is 42.5 Å². The van der Waals surface area contributed by atoms with Crippen molar-refractivity contribution < 1.29 is 36.2 Å². The Balaban J connectivity index is 1.47. The van der Waals surface area contributed by atoms with Gasteiger partial charge in [0.25, 0.3) is 0 Å². The molecule has 1 aliphatic heterocycles. The Labute approximate surface area is 234 Å². The third kappa shape index (κ3) is 6.73. The molecule has 3 aromatic rings. The van der Waals surface area contributed by atoms with Crippen LogP contribution in [0.15, 0.2) is 67.0 Å². The van der Waals surface area contributed by atoms with E-state index in [1.54, 1.807) is 18.5 Å². The van der Waals surface area contributed by atoms with Crippen molar-refractivity contribution in [1.82, 2.24) is 14.8 Å². The Morgan fingerprint density at radius 1 is 0.902 bits per heavy atom. The van der Waals surface area contributed by atoms with Crippen LogP contribution in [0.3, 0.4) is 0 Å². The number of nitrogens with zero attached hydrogens (tertiary/aromatic N) is 3. The van der Waals surface area contributed by atoms with E-state index in [9.17, 15) is 36.2 Å². The van der Waals surface area contributed by atoms with Crippen molar-refractivity contribution in [3.05, 3.63) is 89.2 Å². The number of benzene rings is 2. The summed E-state index contributed by atoms with van der Waals surface area (Å²) < 4.78 is 80.8. The summed E-state index contributed by atoms with van der Waals surface area (Å²) in [6.45, 7) is 5.20. The van der Waals surface area contributed by atoms with Crippen LogP contribution in [0.5, 0.6) is 0 Å². The van der Waals surface area contributed by atoms with E-state index in [2.05, 4.69) is 14.8 Å². The van der Waals surface area contributed by atoms with Gasteiger partial charge in [-0.3, -0.25) is 19.6 Å². The number of hydrogen-bond donors (Lipinski definition) is 1. The second-order valence-corrected chi connectivity index (χ2v) is 10.7. The molecule has 0 radical (unpaired) electrons. The van der Waals surface area contributed by atoms with Crippen molar-refractivity contribution in [3.8, 4) is 11.1 Å². The number of pyridine rings is 1. The zero-order valence-corrected chi connectivity index (χ0v) is 22.6. The van der Waals surface area contributed by atoms with E-state index in [4.69, 9.17) is 0 Å². The van der Waals surface area contributed by atoms with Crippen molar-refractivity contribution in [2.75, 3.05) is 19.6 Å². The average molecular weight is 580 g/mol. The lowest BCUT2D eigenvalue weighted by Crippen LogP contribution is -2.52. The number of aromatic nitrogens is 1. The van der Waals surface area contributed by atoms with Gasteiger partial charge in [-0.15, -0.1) is 0 Å². The SMILES string of the molecule is Cc1cc(CN2CCN(Cc3ccncc3)[C@H](CC(=O)O)C2)ccc1-c1ccc(C(C)(C(F)(F)F)C(F)(F)F)cc1. The highest BCUT2D eigenvalue weighted by Gasteiger charge is 2.68. The van der Waals surface area contributed by atoms with E-state index >= 15 is 0 Å². The molecule has 0 unspecified atom stereocenters. The standard InChI is InChI=1S/C30H31F6N3O2/c1-20-15-22(17-38-13-14-39(25(19-38)16-27(40)41)18-21-9-11-37-12-10-21)3-8-26(20)23-4-6-24(7-5-23)28(2,29(31,32)33)30(34,35)36/h3-12,15,25H,13-14,16-19H2,1-2H3,(H,40,41)/t25-/m1/s1. The summed E-state index contributed by atoms with van der Waals surface area (Å²) in [5, 5.41) is 9.48. The van der Waals surface area contributed by atoms with Gasteiger partial charge in [0.15, 0.2) is 5.41 Å². The predicted molar refractivity (Wildman–Crippen MR) is 142 cm³/mol. The van der Waals surface area contributed by atoms with E-state index in [0.29, 0.717) is 37.3 Å². The molecule has 4 rings (SSSR count). The van der Waals surface area contributed by atoms with E-state index in [-0.39, 0.29) is 19.4 Å². The maximum absolute atomic E-state index is 13.5. The minimum absolute atomic E-state index is 0.0112. The highest BCUT2D eigenvalue weighted by atomic mass is 19.4. The number of carboxylic acid groups (broad SMARTS) is 1. The number of carbonyl (C=O) groups is 1. The van der Waals surface area contributed by atoms with Crippen molar-refractivity contribution >= 4 is 5.97 Å². The van der Waals surface area contributed by atoms with Crippen LogP contribution in [0.1, 0.15) is 35.6 Å². The Bertz CT molecular complexity index is 1330. The zero-order chi connectivity index (χ0) is 30.0. The fourth-order valence-electron chi connectivity index (χ4n) is 5.30. The third-order valence-electron chi connectivity index (χ3n) is 7.84. The Hall–Kier alpha value is -3.44. The van der Waals surface area contributed by atoms with E-state index in [1.165, 1.54) is 12.1 Å². The first-order chi connectivity index (χ1) is 19.2. The molecule has 1 N–H and O–H groups in total. The van der Waals surface area contributed by atoms with Crippen LogP contribution in [-0.4, -0.2) is 63.9 Å². The number of carboxylic acids is 1. The quantitative estimate of drug-likeness (QED) is 0.305. The molecular formula is C30H31F6N3O2. The van der Waals surface area contributed by atoms with Crippen LogP contribution in [0.25, 0.3) is 11.1 Å². The van der Waals surface area contributed by atoms with Gasteiger partial charge in [-0.2, -0.15) is 26.3 Å². The van der Waals surface area contributed by atoms with Crippen molar-refractivity contribution in [2.24, 2.45) is 0 Å². The van der Waals surface area contributed by atoms with Gasteiger partial charge in [-0.05, 0) is 59.4 Å². The van der Waals surface area contributed by atoms with Crippen molar-refractivity contribution in [1.29, 1.82) is 0 Å². The number of rotatable bonds is 8. The normalized spacial score (nSPS) is 17.5. The predicted octanol–water partition coefficient (Wildman–Crippen LogP) is 6.60. The van der Waals surface area contributed by atoms with Gasteiger partial charge in [-0.25, -0.2) is 0 Å². The Kier molecular flexibility index (Phi) is 8.79. The highest BCUT2D eigenvalue weighted by molar-refractivity contribution is 5.68. The molecule has 2 aromatic carbocycles. The number of aryl methyl sites for hydroxylation is 1. The monoisotopic (exact) mass is 579 g/mol. The van der Waals surface area contributed by atoms with Crippen LogP contribution >= 0.6 is 0 Å². The van der Waals surface area contributed by atoms with Gasteiger partial charge < -0.3 is 5.11 Å². The molecule has 41 heavy (non-hydrogen) atoms. The molecule has 0 spiro atoms. The maximum Gasteiger partial charge on any atom is 0.406 e. The van der Waals surface area contributed by atoms with Crippen LogP contribution in [-0.2, 0) is 23.3 Å². The molecule has 2 heterocycles. The molecule has 1 fully saturated rings. The van der Waals surface area contributed by atoms with Gasteiger partial charge >= 0.3 is 18.3 Å². The molecule has 11 heteroatoms. The topological polar surface area (TPSA) is 56.7 Å². The van der Waals surface area contributed by atoms with Crippen LogP contribution in [0, 0.1) is 6.92 Å². The Morgan fingerprint density at radius 2 is 1.54 bits per heavy atom. The molecule has 220 valence electrons. The first-order valence-corrected chi connectivity index (χ1v) is 13.1. The molecule has 1 aliphatic rings. The summed E-state index contributed by atoms with van der Waals surface area (Å²) >= 11 is 0. The van der Waals surface area contributed by atoms with Crippen molar-refractivity contribution in [3.63, 3.8) is 0 Å². The number of hydrogen-bond acceptors (Lipinski definition) is 4. The second-order valence-electron chi connectivity index (χ2n) is 10.7. The minimum atomic E-state index is -5.50. The van der Waals surface area contributed by atoms with Gasteiger partial charge in [0, 0.05) is 51.2 Å². The fourth-order valence-corrected chi connectivity index (χ4v) is 5.30. The van der Waals surface area contributed by atoms with Gasteiger partial charge in [0.2, 0.25) is 0 Å². The summed E-state index contributed by atoms with van der Waals surface area (Å²) in [7, 11) is 0. The molecule has 1 saturated heterocycles. The lowest BCUT2D eigenvalue weighted by molar-refractivity contribution is -0.297. The maximum atomic E-state index is 13.5. The van der Waals surface area contributed by atoms with Crippen LogP contribution < -0.4 is 0 Å². The Morgan fingerprint density at radius 3 is 2.10 bits per heavy atom. The van der Waals surface area contributed by atoms with E-state index < -0.39 is 29.3 Å². The highest BCUT2D eigenvalue weighted by Crippen LogP contribution is 2.51. The molecule has 0 saturated carbocycles. The molecule has 0 bridgehead atoms. The van der Waals surface area contributed by atoms with Crippen molar-refractivity contribution in [2.45, 2.75) is 57.2 Å². The summed E-state index contributed by atoms with van der Waals surface area (Å²) in [5.41, 5.74) is -0.774. The summed E-state index contributed by atoms with van der Waals surface area (Å²) in [5.74, 6) is -0.867. The third-order valence-corrected chi connectivity index (χ3v) is 7.84. The summed E-state index contributed by atoms with van der Waals surface area (Å²) in [6, 6.07) is 13.6. The molecule has 0 aliphatic carbocycles. The largest absolute Gasteiger partial charge is 0.481 e. The molecule has 0 amide bonds. The smallest absolute Gasteiger partial charge is 0.406 e. The lowest BCUT2D eigenvalue weighted by atomic mass is 9.80. The molecule has 1 atom stereocenters. The second kappa shape index (κ2) is 11.8. The molecular weight excluding hydrogens is 548 g/mol. The summed E-state index contributed by atoms with van der Waals surface area (Å²) in [4.78, 5) is 19.9. The number of halogens is 6. The first-order valence-electron chi connectivity index (χ1n) is 13.1. The van der Waals surface area contributed by atoms with Crippen LogP contribution in [0.2, 0.25) is 0 Å². The van der Waals surface area contributed by atoms with Gasteiger partial charge in [0.05, 0.1) is 6.42 Å². The van der Waals surface area contributed by atoms with Crippen LogP contribution in [0.4, 0.5) is 26.3 Å². The minimum Gasteiger partial charge on any atom is -0.481 e. The first kappa shape index (κ1) is 30.5. The summed E-state index contributed by atoms with van der Waals surface area (Å²) in [6.07, 6.45) is -7.58.